The highest BCUT2D eigenvalue weighted by molar-refractivity contribution is 5.91. The van der Waals surface area contributed by atoms with Crippen LogP contribution in [0, 0.1) is 6.92 Å². The lowest BCUT2D eigenvalue weighted by molar-refractivity contribution is -0.118. The van der Waals surface area contributed by atoms with Crippen LogP contribution in [-0.4, -0.2) is 43.0 Å². The molecule has 0 aromatic heterocycles. The molecule has 1 aliphatic rings. The summed E-state index contributed by atoms with van der Waals surface area (Å²) in [7, 11) is 1.67. The lowest BCUT2D eigenvalue weighted by Gasteiger charge is -2.44. The van der Waals surface area contributed by atoms with Crippen LogP contribution in [0.25, 0.3) is 0 Å². The van der Waals surface area contributed by atoms with Gasteiger partial charge in [0.15, 0.2) is 0 Å². The molecule has 3 atom stereocenters. The van der Waals surface area contributed by atoms with Crippen LogP contribution in [0.5, 0.6) is 0 Å². The lowest BCUT2D eigenvalue weighted by Crippen LogP contribution is -2.56. The Labute approximate surface area is 118 Å². The maximum Gasteiger partial charge on any atom is 0.336 e. The van der Waals surface area contributed by atoms with E-state index in [1.54, 1.807) is 19.2 Å². The highest BCUT2D eigenvalue weighted by Gasteiger charge is 2.42. The fourth-order valence-electron chi connectivity index (χ4n) is 2.64. The van der Waals surface area contributed by atoms with Gasteiger partial charge in [0.25, 0.3) is 0 Å². The molecule has 5 heteroatoms. The molecule has 0 radical (unpaired) electrons. The second-order valence-corrected chi connectivity index (χ2v) is 4.96. The molecule has 0 saturated heterocycles. The van der Waals surface area contributed by atoms with Crippen LogP contribution in [0.4, 0.5) is 5.69 Å². The van der Waals surface area contributed by atoms with Crippen molar-refractivity contribution in [2.45, 2.75) is 38.5 Å². The molecule has 0 heterocycles. The third-order valence-corrected chi connectivity index (χ3v) is 3.81. The number of hydrogen-bond acceptors (Lipinski definition) is 4. The van der Waals surface area contributed by atoms with Gasteiger partial charge in [-0.15, -0.1) is 0 Å². The largest absolute Gasteiger partial charge is 0.478 e. The molecular weight excluding hydrogens is 258 g/mol. The van der Waals surface area contributed by atoms with Gasteiger partial charge in [0, 0.05) is 19.4 Å². The van der Waals surface area contributed by atoms with Crippen molar-refractivity contribution in [3.8, 4) is 0 Å². The number of carbonyl (C=O) groups is 1. The number of nitrogens with one attached hydrogen (secondary N) is 1. The number of carboxylic acid groups (broad SMARTS) is 1. The van der Waals surface area contributed by atoms with Crippen molar-refractivity contribution >= 4 is 11.7 Å². The number of aromatic carboxylic acids is 1. The van der Waals surface area contributed by atoms with E-state index in [1.165, 1.54) is 0 Å². The number of methoxy groups -OCH3 is 1. The molecule has 2 rings (SSSR count). The van der Waals surface area contributed by atoms with Gasteiger partial charge in [-0.05, 0) is 38.0 Å². The van der Waals surface area contributed by atoms with Gasteiger partial charge in [-0.1, -0.05) is 6.07 Å². The fraction of sp³-hybridized carbons (Fsp3) is 0.533. The van der Waals surface area contributed by atoms with Crippen LogP contribution in [0.3, 0.4) is 0 Å². The third kappa shape index (κ3) is 2.78. The average molecular weight is 279 g/mol. The van der Waals surface area contributed by atoms with Gasteiger partial charge in [-0.25, -0.2) is 4.79 Å². The highest BCUT2D eigenvalue weighted by Crippen LogP contribution is 2.31. The molecule has 1 saturated carbocycles. The fourth-order valence-corrected chi connectivity index (χ4v) is 2.64. The number of benzene rings is 1. The van der Waals surface area contributed by atoms with Crippen molar-refractivity contribution in [3.05, 3.63) is 29.3 Å². The number of ether oxygens (including phenoxy) is 2. The summed E-state index contributed by atoms with van der Waals surface area (Å²) in [6.07, 6.45) is 0.983. The summed E-state index contributed by atoms with van der Waals surface area (Å²) >= 11 is 0. The van der Waals surface area contributed by atoms with Crippen molar-refractivity contribution in [1.29, 1.82) is 0 Å². The summed E-state index contributed by atoms with van der Waals surface area (Å²) < 4.78 is 11.0. The molecular formula is C15H21NO4. The van der Waals surface area contributed by atoms with Gasteiger partial charge in [-0.3, -0.25) is 0 Å². The standard InChI is InChI=1S/C15H21NO4/c1-4-20-13-8-12(14(13)19-3)16-11-7-5-6-10(9(11)2)15(17)18/h5-7,12-14,16H,4,8H2,1-3H3,(H,17,18). The molecule has 3 unspecified atom stereocenters. The normalized spacial score (nSPS) is 25.1. The molecule has 0 bridgehead atoms. The molecule has 1 aliphatic carbocycles. The van der Waals surface area contributed by atoms with Crippen molar-refractivity contribution < 1.29 is 19.4 Å². The van der Waals surface area contributed by atoms with E-state index in [4.69, 9.17) is 14.6 Å². The first-order valence-corrected chi connectivity index (χ1v) is 6.82. The van der Waals surface area contributed by atoms with E-state index in [9.17, 15) is 4.79 Å². The molecule has 2 N–H and O–H groups in total. The van der Waals surface area contributed by atoms with Crippen LogP contribution >= 0.6 is 0 Å². The Bertz CT molecular complexity index is 489. The van der Waals surface area contributed by atoms with E-state index in [1.807, 2.05) is 19.9 Å². The molecule has 0 amide bonds. The van der Waals surface area contributed by atoms with Crippen molar-refractivity contribution in [2.24, 2.45) is 0 Å². The second kappa shape index (κ2) is 6.24. The SMILES string of the molecule is CCOC1CC(Nc2cccc(C(=O)O)c2C)C1OC. The number of carboxylic acids is 1. The molecule has 1 aromatic carbocycles. The van der Waals surface area contributed by atoms with Crippen LogP contribution < -0.4 is 5.32 Å². The minimum Gasteiger partial charge on any atom is -0.478 e. The molecule has 1 aromatic rings. The third-order valence-electron chi connectivity index (χ3n) is 3.81. The molecule has 5 nitrogen and oxygen atoms in total. The van der Waals surface area contributed by atoms with E-state index in [2.05, 4.69) is 5.32 Å². The number of anilines is 1. The molecule has 20 heavy (non-hydrogen) atoms. The summed E-state index contributed by atoms with van der Waals surface area (Å²) in [5, 5.41) is 12.5. The summed E-state index contributed by atoms with van der Waals surface area (Å²) in [4.78, 5) is 11.1. The first kappa shape index (κ1) is 14.8. The molecule has 110 valence electrons. The van der Waals surface area contributed by atoms with Crippen LogP contribution in [0.2, 0.25) is 0 Å². The first-order chi connectivity index (χ1) is 9.58. The topological polar surface area (TPSA) is 67.8 Å². The van der Waals surface area contributed by atoms with Gasteiger partial charge in [0.05, 0.1) is 17.7 Å². The van der Waals surface area contributed by atoms with Gasteiger partial charge in [0.1, 0.15) is 6.10 Å². The Morgan fingerprint density at radius 3 is 2.85 bits per heavy atom. The van der Waals surface area contributed by atoms with E-state index >= 15 is 0 Å². The van der Waals surface area contributed by atoms with Gasteiger partial charge >= 0.3 is 5.97 Å². The molecule has 0 spiro atoms. The maximum absolute atomic E-state index is 11.1. The maximum atomic E-state index is 11.1. The smallest absolute Gasteiger partial charge is 0.336 e. The zero-order chi connectivity index (χ0) is 14.7. The Balaban J connectivity index is 2.08. The van der Waals surface area contributed by atoms with E-state index in [-0.39, 0.29) is 18.2 Å². The quantitative estimate of drug-likeness (QED) is 0.836. The zero-order valence-electron chi connectivity index (χ0n) is 12.1. The van der Waals surface area contributed by atoms with Crippen molar-refractivity contribution in [2.75, 3.05) is 19.0 Å². The summed E-state index contributed by atoms with van der Waals surface area (Å²) in [5.41, 5.74) is 1.91. The van der Waals surface area contributed by atoms with Crippen LogP contribution in [0.1, 0.15) is 29.3 Å². The van der Waals surface area contributed by atoms with Crippen molar-refractivity contribution in [1.82, 2.24) is 0 Å². The highest BCUT2D eigenvalue weighted by atomic mass is 16.5. The lowest BCUT2D eigenvalue weighted by atomic mass is 9.84. The second-order valence-electron chi connectivity index (χ2n) is 4.96. The van der Waals surface area contributed by atoms with Gasteiger partial charge in [-0.2, -0.15) is 0 Å². The van der Waals surface area contributed by atoms with Gasteiger partial charge in [0.2, 0.25) is 0 Å². The predicted octanol–water partition coefficient (Wildman–Crippen LogP) is 2.30. The van der Waals surface area contributed by atoms with E-state index < -0.39 is 5.97 Å². The number of hydrogen-bond donors (Lipinski definition) is 2. The summed E-state index contributed by atoms with van der Waals surface area (Å²) in [6, 6.07) is 5.40. The van der Waals surface area contributed by atoms with Crippen LogP contribution in [0.15, 0.2) is 18.2 Å². The Morgan fingerprint density at radius 1 is 1.50 bits per heavy atom. The monoisotopic (exact) mass is 279 g/mol. The molecule has 0 aliphatic heterocycles. The van der Waals surface area contributed by atoms with E-state index in [0.29, 0.717) is 12.2 Å². The minimum atomic E-state index is -0.907. The van der Waals surface area contributed by atoms with Crippen LogP contribution in [-0.2, 0) is 9.47 Å². The average Bonchev–Trinajstić information content (AvgIpc) is 2.39. The Hall–Kier alpha value is -1.59. The van der Waals surface area contributed by atoms with Gasteiger partial charge < -0.3 is 19.9 Å². The summed E-state index contributed by atoms with van der Waals surface area (Å²) in [5.74, 6) is -0.907. The Morgan fingerprint density at radius 2 is 2.25 bits per heavy atom. The minimum absolute atomic E-state index is 0.00262. The van der Waals surface area contributed by atoms with E-state index in [0.717, 1.165) is 17.7 Å². The molecule has 1 fully saturated rings. The first-order valence-electron chi connectivity index (χ1n) is 6.82. The van der Waals surface area contributed by atoms with Crippen molar-refractivity contribution in [3.63, 3.8) is 0 Å². The Kier molecular flexibility index (Phi) is 4.62. The zero-order valence-corrected chi connectivity index (χ0v) is 12.1. The predicted molar refractivity (Wildman–Crippen MR) is 76.4 cm³/mol. The summed E-state index contributed by atoms with van der Waals surface area (Å²) in [6.45, 7) is 4.45. The number of rotatable bonds is 6.